The first-order valence-corrected chi connectivity index (χ1v) is 6.02. The van der Waals surface area contributed by atoms with Gasteiger partial charge >= 0.3 is 0 Å². The van der Waals surface area contributed by atoms with Crippen molar-refractivity contribution in [1.82, 2.24) is 10.2 Å². The van der Waals surface area contributed by atoms with Gasteiger partial charge in [-0.15, -0.1) is 0 Å². The molecule has 0 bridgehead atoms. The zero-order chi connectivity index (χ0) is 14.7. The van der Waals surface area contributed by atoms with E-state index in [1.165, 1.54) is 19.2 Å². The number of nitrogens with zero attached hydrogens (tertiary/aromatic N) is 1. The molecule has 0 atom stereocenters. The highest BCUT2D eigenvalue weighted by Gasteiger charge is 2.12. The SMILES string of the molecule is CC(=O)Nc1ccc(NC(=O)c2[nH]ncc2N)cc1Cl. The second kappa shape index (κ2) is 5.62. The minimum absolute atomic E-state index is 0.173. The molecule has 0 aliphatic carbocycles. The van der Waals surface area contributed by atoms with E-state index in [1.807, 2.05) is 0 Å². The monoisotopic (exact) mass is 293 g/mol. The van der Waals surface area contributed by atoms with Gasteiger partial charge in [0, 0.05) is 12.6 Å². The Morgan fingerprint density at radius 2 is 2.10 bits per heavy atom. The molecule has 0 saturated carbocycles. The third kappa shape index (κ3) is 3.07. The highest BCUT2D eigenvalue weighted by molar-refractivity contribution is 6.34. The Bertz CT molecular complexity index is 668. The van der Waals surface area contributed by atoms with Crippen molar-refractivity contribution in [3.8, 4) is 0 Å². The maximum absolute atomic E-state index is 11.9. The number of benzene rings is 1. The smallest absolute Gasteiger partial charge is 0.275 e. The van der Waals surface area contributed by atoms with Crippen LogP contribution in [0.4, 0.5) is 17.1 Å². The van der Waals surface area contributed by atoms with Crippen LogP contribution in [0.5, 0.6) is 0 Å². The molecule has 2 amide bonds. The lowest BCUT2D eigenvalue weighted by atomic mass is 10.2. The zero-order valence-electron chi connectivity index (χ0n) is 10.5. The van der Waals surface area contributed by atoms with Crippen molar-refractivity contribution in [2.75, 3.05) is 16.4 Å². The van der Waals surface area contributed by atoms with Crippen LogP contribution in [0.25, 0.3) is 0 Å². The number of amides is 2. The Morgan fingerprint density at radius 1 is 1.35 bits per heavy atom. The summed E-state index contributed by atoms with van der Waals surface area (Å²) in [6, 6.07) is 4.73. The molecule has 8 heteroatoms. The van der Waals surface area contributed by atoms with Crippen molar-refractivity contribution in [1.29, 1.82) is 0 Å². The van der Waals surface area contributed by atoms with Gasteiger partial charge in [-0.2, -0.15) is 5.10 Å². The van der Waals surface area contributed by atoms with Crippen molar-refractivity contribution < 1.29 is 9.59 Å². The predicted molar refractivity (Wildman–Crippen MR) is 76.7 cm³/mol. The van der Waals surface area contributed by atoms with Gasteiger partial charge in [0.05, 0.1) is 22.6 Å². The van der Waals surface area contributed by atoms with Crippen LogP contribution in [-0.2, 0) is 4.79 Å². The van der Waals surface area contributed by atoms with Crippen LogP contribution in [0.3, 0.4) is 0 Å². The van der Waals surface area contributed by atoms with Crippen LogP contribution < -0.4 is 16.4 Å². The molecule has 1 heterocycles. The fourth-order valence-corrected chi connectivity index (χ4v) is 1.78. The molecule has 20 heavy (non-hydrogen) atoms. The lowest BCUT2D eigenvalue weighted by molar-refractivity contribution is -0.114. The number of anilines is 3. The molecule has 0 spiro atoms. The second-order valence-corrected chi connectivity index (χ2v) is 4.44. The Labute approximate surface area is 119 Å². The van der Waals surface area contributed by atoms with Gasteiger partial charge in [0.15, 0.2) is 0 Å². The van der Waals surface area contributed by atoms with Crippen LogP contribution >= 0.6 is 11.6 Å². The van der Waals surface area contributed by atoms with Gasteiger partial charge in [-0.25, -0.2) is 0 Å². The summed E-state index contributed by atoms with van der Waals surface area (Å²) in [6.07, 6.45) is 1.35. The lowest BCUT2D eigenvalue weighted by Gasteiger charge is -2.08. The van der Waals surface area contributed by atoms with Crippen molar-refractivity contribution in [2.24, 2.45) is 0 Å². The third-order valence-corrected chi connectivity index (χ3v) is 2.75. The van der Waals surface area contributed by atoms with Gasteiger partial charge in [-0.3, -0.25) is 14.7 Å². The van der Waals surface area contributed by atoms with E-state index in [1.54, 1.807) is 12.1 Å². The molecule has 104 valence electrons. The Kier molecular flexibility index (Phi) is 3.90. The van der Waals surface area contributed by atoms with Crippen molar-refractivity contribution in [3.63, 3.8) is 0 Å². The van der Waals surface area contributed by atoms with Crippen molar-refractivity contribution >= 4 is 40.5 Å². The van der Waals surface area contributed by atoms with E-state index in [9.17, 15) is 9.59 Å². The maximum Gasteiger partial charge on any atom is 0.275 e. The van der Waals surface area contributed by atoms with Gasteiger partial charge in [0.25, 0.3) is 5.91 Å². The first-order chi connectivity index (χ1) is 9.47. The number of halogens is 1. The normalized spacial score (nSPS) is 10.1. The molecule has 0 saturated heterocycles. The fraction of sp³-hybridized carbons (Fsp3) is 0.0833. The van der Waals surface area contributed by atoms with Gasteiger partial charge in [0.2, 0.25) is 5.91 Å². The number of rotatable bonds is 3. The summed E-state index contributed by atoms with van der Waals surface area (Å²) in [7, 11) is 0. The summed E-state index contributed by atoms with van der Waals surface area (Å²) >= 11 is 6.00. The van der Waals surface area contributed by atoms with Crippen LogP contribution in [0.1, 0.15) is 17.4 Å². The van der Waals surface area contributed by atoms with Crippen LogP contribution in [-0.4, -0.2) is 22.0 Å². The molecule has 5 N–H and O–H groups in total. The number of H-pyrrole nitrogens is 1. The number of nitrogens with two attached hydrogens (primary N) is 1. The van der Waals surface area contributed by atoms with E-state index in [0.717, 1.165) is 0 Å². The molecule has 0 radical (unpaired) electrons. The summed E-state index contributed by atoms with van der Waals surface area (Å²) < 4.78 is 0. The van der Waals surface area contributed by atoms with Crippen LogP contribution in [0.15, 0.2) is 24.4 Å². The molecule has 0 fully saturated rings. The van der Waals surface area contributed by atoms with Crippen molar-refractivity contribution in [2.45, 2.75) is 6.92 Å². The highest BCUT2D eigenvalue weighted by Crippen LogP contribution is 2.25. The van der Waals surface area contributed by atoms with E-state index in [2.05, 4.69) is 20.8 Å². The number of nitrogens with one attached hydrogen (secondary N) is 3. The summed E-state index contributed by atoms with van der Waals surface area (Å²) in [6.45, 7) is 1.38. The molecule has 1 aromatic heterocycles. The molecule has 0 aliphatic rings. The molecule has 2 rings (SSSR count). The third-order valence-electron chi connectivity index (χ3n) is 2.43. The van der Waals surface area contributed by atoms with E-state index in [0.29, 0.717) is 16.4 Å². The second-order valence-electron chi connectivity index (χ2n) is 4.03. The lowest BCUT2D eigenvalue weighted by Crippen LogP contribution is -2.14. The summed E-state index contributed by atoms with van der Waals surface area (Å²) in [4.78, 5) is 22.9. The number of hydrogen-bond donors (Lipinski definition) is 4. The predicted octanol–water partition coefficient (Wildman–Crippen LogP) is 1.86. The van der Waals surface area contributed by atoms with Gasteiger partial charge in [-0.1, -0.05) is 11.6 Å². The molecular weight excluding hydrogens is 282 g/mol. The van der Waals surface area contributed by atoms with Gasteiger partial charge in [0.1, 0.15) is 5.69 Å². The van der Waals surface area contributed by atoms with E-state index >= 15 is 0 Å². The number of hydrogen-bond acceptors (Lipinski definition) is 4. The van der Waals surface area contributed by atoms with Crippen molar-refractivity contribution in [3.05, 3.63) is 35.1 Å². The minimum Gasteiger partial charge on any atom is -0.396 e. The average molecular weight is 294 g/mol. The highest BCUT2D eigenvalue weighted by atomic mass is 35.5. The van der Waals surface area contributed by atoms with Crippen LogP contribution in [0.2, 0.25) is 5.02 Å². The Balaban J connectivity index is 2.15. The topological polar surface area (TPSA) is 113 Å². The largest absolute Gasteiger partial charge is 0.396 e. The number of carbonyl (C=O) groups is 2. The van der Waals surface area contributed by atoms with Crippen LogP contribution in [0, 0.1) is 0 Å². The summed E-state index contributed by atoms with van der Waals surface area (Å²) in [5.74, 6) is -0.655. The van der Waals surface area contributed by atoms with Gasteiger partial charge < -0.3 is 16.4 Å². The van der Waals surface area contributed by atoms with E-state index in [4.69, 9.17) is 17.3 Å². The number of carbonyl (C=O) groups excluding carboxylic acids is 2. The van der Waals surface area contributed by atoms with Gasteiger partial charge in [-0.05, 0) is 18.2 Å². The Morgan fingerprint density at radius 3 is 2.65 bits per heavy atom. The molecule has 1 aromatic carbocycles. The first kappa shape index (κ1) is 13.9. The average Bonchev–Trinajstić information content (AvgIpc) is 2.78. The van der Waals surface area contributed by atoms with E-state index < -0.39 is 5.91 Å². The number of nitrogen functional groups attached to an aromatic ring is 1. The minimum atomic E-state index is -0.427. The maximum atomic E-state index is 11.9. The quantitative estimate of drug-likeness (QED) is 0.691. The summed E-state index contributed by atoms with van der Waals surface area (Å²) in [5.41, 5.74) is 6.95. The molecule has 2 aromatic rings. The molecule has 0 aliphatic heterocycles. The Hall–Kier alpha value is -2.54. The first-order valence-electron chi connectivity index (χ1n) is 5.64. The summed E-state index contributed by atoms with van der Waals surface area (Å²) in [5, 5.41) is 11.7. The molecule has 7 nitrogen and oxygen atoms in total. The number of aromatic nitrogens is 2. The number of aromatic amines is 1. The molecule has 0 unspecified atom stereocenters. The fourth-order valence-electron chi connectivity index (χ4n) is 1.55. The standard InChI is InChI=1S/C12H12ClN5O2/c1-6(19)16-10-3-2-7(4-8(10)13)17-12(20)11-9(14)5-15-18-11/h2-5H,14H2,1H3,(H,15,18)(H,16,19)(H,17,20). The van der Waals surface area contributed by atoms with E-state index in [-0.39, 0.29) is 17.3 Å². The zero-order valence-corrected chi connectivity index (χ0v) is 11.3. The molecular formula is C12H12ClN5O2.